The number of piperidine rings is 1. The Bertz CT molecular complexity index is 513. The van der Waals surface area contributed by atoms with Gasteiger partial charge < -0.3 is 15.6 Å². The summed E-state index contributed by atoms with van der Waals surface area (Å²) in [7, 11) is 1.87. The Hall–Kier alpha value is -1.62. The van der Waals surface area contributed by atoms with E-state index in [1.165, 1.54) is 12.8 Å². The summed E-state index contributed by atoms with van der Waals surface area (Å²) in [6.45, 7) is 1.08. The third kappa shape index (κ3) is 1.98. The summed E-state index contributed by atoms with van der Waals surface area (Å²) in [4.78, 5) is 12.4. The number of pyridine rings is 1. The van der Waals surface area contributed by atoms with Gasteiger partial charge in [-0.3, -0.25) is 0 Å². The quantitative estimate of drug-likeness (QED) is 0.737. The van der Waals surface area contributed by atoms with Gasteiger partial charge in [0.2, 0.25) is 0 Å². The first-order valence-electron chi connectivity index (χ1n) is 6.14. The summed E-state index contributed by atoms with van der Waals surface area (Å²) < 4.78 is 0. The molecule has 3 heterocycles. The molecule has 0 radical (unpaired) electrons. The lowest BCUT2D eigenvalue weighted by molar-refractivity contribution is 0.400. The van der Waals surface area contributed by atoms with Gasteiger partial charge in [-0.25, -0.2) is 9.97 Å². The molecule has 5 heteroatoms. The van der Waals surface area contributed by atoms with Crippen molar-refractivity contribution in [1.29, 1.82) is 0 Å². The molecule has 0 bridgehead atoms. The summed E-state index contributed by atoms with van der Waals surface area (Å²) in [6, 6.07) is 4.34. The van der Waals surface area contributed by atoms with Gasteiger partial charge in [-0.15, -0.1) is 0 Å². The molecule has 90 valence electrons. The molecule has 5 nitrogen and oxygen atoms in total. The predicted molar refractivity (Wildman–Crippen MR) is 68.0 cm³/mol. The Morgan fingerprint density at radius 3 is 3.00 bits per heavy atom. The van der Waals surface area contributed by atoms with Gasteiger partial charge in [0.15, 0.2) is 5.65 Å². The Balaban J connectivity index is 1.95. The lowest BCUT2D eigenvalue weighted by atomic mass is 10.0. The molecule has 1 aliphatic rings. The summed E-state index contributed by atoms with van der Waals surface area (Å²) in [5, 5.41) is 6.52. The lowest BCUT2D eigenvalue weighted by Crippen LogP contribution is -2.27. The van der Waals surface area contributed by atoms with Crippen LogP contribution >= 0.6 is 0 Å². The van der Waals surface area contributed by atoms with Gasteiger partial charge in [-0.1, -0.05) is 6.42 Å². The number of fused-ring (bicyclic) bond motifs is 1. The second kappa shape index (κ2) is 4.33. The van der Waals surface area contributed by atoms with Crippen LogP contribution in [-0.2, 0) is 0 Å². The minimum absolute atomic E-state index is 0.357. The van der Waals surface area contributed by atoms with E-state index in [1.54, 1.807) is 0 Å². The molecule has 0 saturated carbocycles. The zero-order chi connectivity index (χ0) is 11.7. The predicted octanol–water partition coefficient (Wildman–Crippen LogP) is 1.81. The molecule has 0 amide bonds. The fraction of sp³-hybridized carbons (Fsp3) is 0.500. The molecule has 1 saturated heterocycles. The summed E-state index contributed by atoms with van der Waals surface area (Å²) >= 11 is 0. The fourth-order valence-corrected chi connectivity index (χ4v) is 2.30. The summed E-state index contributed by atoms with van der Waals surface area (Å²) in [5.74, 6) is 1.87. The number of aromatic nitrogens is 3. The van der Waals surface area contributed by atoms with Crippen LogP contribution in [0.4, 0.5) is 5.82 Å². The van der Waals surface area contributed by atoms with E-state index in [9.17, 15) is 0 Å². The van der Waals surface area contributed by atoms with Crippen LogP contribution in [0.3, 0.4) is 0 Å². The number of hydrogen-bond acceptors (Lipinski definition) is 4. The van der Waals surface area contributed by atoms with Gasteiger partial charge in [0.05, 0.1) is 11.6 Å². The van der Waals surface area contributed by atoms with Crippen LogP contribution in [0.1, 0.15) is 31.1 Å². The normalized spacial score (nSPS) is 20.6. The van der Waals surface area contributed by atoms with Crippen LogP contribution in [0.2, 0.25) is 0 Å². The van der Waals surface area contributed by atoms with E-state index in [1.807, 2.05) is 19.2 Å². The molecule has 2 aromatic heterocycles. The second-order valence-corrected chi connectivity index (χ2v) is 4.44. The Labute approximate surface area is 100 Å². The van der Waals surface area contributed by atoms with Gasteiger partial charge in [0.25, 0.3) is 0 Å². The van der Waals surface area contributed by atoms with Crippen LogP contribution in [0, 0.1) is 0 Å². The number of rotatable bonds is 2. The summed E-state index contributed by atoms with van der Waals surface area (Å²) in [5.41, 5.74) is 1.80. The SMILES string of the molecule is CNc1ccc2[nH]c(C3CCCCN3)nc2n1. The molecule has 0 aromatic carbocycles. The second-order valence-electron chi connectivity index (χ2n) is 4.44. The minimum Gasteiger partial charge on any atom is -0.373 e. The molecular formula is C12H17N5. The average Bonchev–Trinajstić information content (AvgIpc) is 2.82. The number of imidazole rings is 1. The first-order chi connectivity index (χ1) is 8.36. The number of H-pyrrole nitrogens is 1. The molecule has 3 N–H and O–H groups in total. The van der Waals surface area contributed by atoms with Crippen LogP contribution in [0.5, 0.6) is 0 Å². The highest BCUT2D eigenvalue weighted by Crippen LogP contribution is 2.22. The molecular weight excluding hydrogens is 214 g/mol. The van der Waals surface area contributed by atoms with Crippen molar-refractivity contribution in [2.75, 3.05) is 18.9 Å². The molecule has 1 atom stereocenters. The zero-order valence-electron chi connectivity index (χ0n) is 9.95. The summed E-state index contributed by atoms with van der Waals surface area (Å²) in [6.07, 6.45) is 3.68. The number of anilines is 1. The molecule has 17 heavy (non-hydrogen) atoms. The minimum atomic E-state index is 0.357. The van der Waals surface area contributed by atoms with Gasteiger partial charge >= 0.3 is 0 Å². The van der Waals surface area contributed by atoms with E-state index in [2.05, 4.69) is 25.6 Å². The van der Waals surface area contributed by atoms with E-state index < -0.39 is 0 Å². The molecule has 1 aliphatic heterocycles. The van der Waals surface area contributed by atoms with Crippen molar-refractivity contribution in [3.05, 3.63) is 18.0 Å². The number of aromatic amines is 1. The van der Waals surface area contributed by atoms with Crippen molar-refractivity contribution in [3.8, 4) is 0 Å². The smallest absolute Gasteiger partial charge is 0.179 e. The molecule has 0 spiro atoms. The molecule has 1 fully saturated rings. The van der Waals surface area contributed by atoms with Gasteiger partial charge in [0.1, 0.15) is 11.6 Å². The average molecular weight is 231 g/mol. The highest BCUT2D eigenvalue weighted by Gasteiger charge is 2.18. The van der Waals surface area contributed by atoms with Gasteiger partial charge in [0, 0.05) is 7.05 Å². The number of nitrogens with one attached hydrogen (secondary N) is 3. The molecule has 0 aliphatic carbocycles. The van der Waals surface area contributed by atoms with Crippen molar-refractivity contribution in [3.63, 3.8) is 0 Å². The maximum atomic E-state index is 4.58. The van der Waals surface area contributed by atoms with Crippen molar-refractivity contribution >= 4 is 17.0 Å². The van der Waals surface area contributed by atoms with E-state index in [0.717, 1.165) is 35.8 Å². The largest absolute Gasteiger partial charge is 0.373 e. The maximum Gasteiger partial charge on any atom is 0.179 e. The maximum absolute atomic E-state index is 4.58. The number of hydrogen-bond donors (Lipinski definition) is 3. The van der Waals surface area contributed by atoms with E-state index >= 15 is 0 Å². The van der Waals surface area contributed by atoms with Crippen molar-refractivity contribution in [1.82, 2.24) is 20.3 Å². The van der Waals surface area contributed by atoms with Gasteiger partial charge in [-0.2, -0.15) is 0 Å². The monoisotopic (exact) mass is 231 g/mol. The third-order valence-corrected chi connectivity index (χ3v) is 3.26. The first kappa shape index (κ1) is 10.5. The molecule has 2 aromatic rings. The van der Waals surface area contributed by atoms with Crippen molar-refractivity contribution in [2.24, 2.45) is 0 Å². The molecule has 1 unspecified atom stereocenters. The molecule has 3 rings (SSSR count). The lowest BCUT2D eigenvalue weighted by Gasteiger charge is -2.21. The van der Waals surface area contributed by atoms with Crippen LogP contribution in [0.15, 0.2) is 12.1 Å². The Kier molecular flexibility index (Phi) is 2.68. The highest BCUT2D eigenvalue weighted by atomic mass is 15.1. The first-order valence-corrected chi connectivity index (χ1v) is 6.14. The standard InChI is InChI=1S/C12H17N5/c1-13-10-6-5-9-12(16-10)17-11(15-9)8-4-2-3-7-14-8/h5-6,8,14H,2-4,7H2,1H3,(H2,13,15,16,17). The van der Waals surface area contributed by atoms with E-state index in [-0.39, 0.29) is 0 Å². The highest BCUT2D eigenvalue weighted by molar-refractivity contribution is 5.72. The van der Waals surface area contributed by atoms with Crippen molar-refractivity contribution in [2.45, 2.75) is 25.3 Å². The number of nitrogens with zero attached hydrogens (tertiary/aromatic N) is 2. The van der Waals surface area contributed by atoms with E-state index in [4.69, 9.17) is 0 Å². The van der Waals surface area contributed by atoms with Crippen molar-refractivity contribution < 1.29 is 0 Å². The Morgan fingerprint density at radius 2 is 2.24 bits per heavy atom. The van der Waals surface area contributed by atoms with Gasteiger partial charge in [-0.05, 0) is 31.5 Å². The zero-order valence-corrected chi connectivity index (χ0v) is 9.95. The van der Waals surface area contributed by atoms with Crippen LogP contribution in [-0.4, -0.2) is 28.5 Å². The van der Waals surface area contributed by atoms with Crippen LogP contribution < -0.4 is 10.6 Å². The third-order valence-electron chi connectivity index (χ3n) is 3.26. The van der Waals surface area contributed by atoms with E-state index in [0.29, 0.717) is 6.04 Å². The Morgan fingerprint density at radius 1 is 1.29 bits per heavy atom. The fourth-order valence-electron chi connectivity index (χ4n) is 2.30. The topological polar surface area (TPSA) is 65.6 Å². The van der Waals surface area contributed by atoms with Crippen LogP contribution in [0.25, 0.3) is 11.2 Å².